The summed E-state index contributed by atoms with van der Waals surface area (Å²) in [7, 11) is 0. The molecule has 0 amide bonds. The highest BCUT2D eigenvalue weighted by molar-refractivity contribution is 5.74. The molecule has 0 aliphatic rings. The second-order valence-corrected chi connectivity index (χ2v) is 3.78. The zero-order valence-corrected chi connectivity index (χ0v) is 8.36. The van der Waals surface area contributed by atoms with Gasteiger partial charge in [0.25, 0.3) is 0 Å². The van der Waals surface area contributed by atoms with E-state index in [9.17, 15) is 13.6 Å². The highest BCUT2D eigenvalue weighted by atomic mass is 19.3. The van der Waals surface area contributed by atoms with Crippen LogP contribution in [0, 0.1) is 12.3 Å². The second kappa shape index (κ2) is 4.53. The summed E-state index contributed by atoms with van der Waals surface area (Å²) in [5.41, 5.74) is -0.708. The summed E-state index contributed by atoms with van der Waals surface area (Å²) in [4.78, 5) is 11.1. The van der Waals surface area contributed by atoms with Crippen molar-refractivity contribution in [2.75, 3.05) is 0 Å². The third-order valence-corrected chi connectivity index (χ3v) is 1.36. The van der Waals surface area contributed by atoms with Crippen LogP contribution in [0.5, 0.6) is 0 Å². The van der Waals surface area contributed by atoms with Gasteiger partial charge in [-0.3, -0.25) is 4.79 Å². The van der Waals surface area contributed by atoms with Crippen LogP contribution in [0.4, 0.5) is 8.78 Å². The highest BCUT2D eigenvalue weighted by Crippen LogP contribution is 2.24. The Morgan fingerprint density at radius 2 is 1.85 bits per heavy atom. The fourth-order valence-electron chi connectivity index (χ4n) is 0.783. The minimum atomic E-state index is -1.88. The molecule has 0 saturated heterocycles. The van der Waals surface area contributed by atoms with E-state index in [0.717, 1.165) is 0 Å². The second-order valence-electron chi connectivity index (χ2n) is 3.78. The first-order chi connectivity index (χ1) is 5.78. The third kappa shape index (κ3) is 4.80. The molecule has 0 spiro atoms. The SMILES string of the molecule is CCC([C](F)F)C(=O)OC(C)(C)C. The number of carbonyl (C=O) groups excluding carboxylic acids is 1. The van der Waals surface area contributed by atoms with Crippen LogP contribution < -0.4 is 0 Å². The predicted molar refractivity (Wildman–Crippen MR) is 45.1 cm³/mol. The average Bonchev–Trinajstić information content (AvgIpc) is 1.82. The Morgan fingerprint density at radius 3 is 2.08 bits per heavy atom. The van der Waals surface area contributed by atoms with Crippen LogP contribution in [-0.4, -0.2) is 11.6 Å². The van der Waals surface area contributed by atoms with Crippen molar-refractivity contribution in [1.29, 1.82) is 0 Å². The molecule has 4 heteroatoms. The lowest BCUT2D eigenvalue weighted by atomic mass is 10.1. The summed E-state index contributed by atoms with van der Waals surface area (Å²) in [6.07, 6.45) is -1.81. The summed E-state index contributed by atoms with van der Waals surface area (Å²) in [5.74, 6) is -2.23. The van der Waals surface area contributed by atoms with Gasteiger partial charge in [0.15, 0.2) is 0 Å². The Morgan fingerprint density at radius 1 is 1.38 bits per heavy atom. The largest absolute Gasteiger partial charge is 0.460 e. The fourth-order valence-corrected chi connectivity index (χ4v) is 0.783. The number of hydrogen-bond acceptors (Lipinski definition) is 2. The van der Waals surface area contributed by atoms with E-state index in [0.29, 0.717) is 0 Å². The molecule has 1 radical (unpaired) electrons. The molecule has 1 unspecified atom stereocenters. The molecule has 0 heterocycles. The number of halogens is 2. The molecule has 0 aliphatic heterocycles. The van der Waals surface area contributed by atoms with Crippen LogP contribution in [0.3, 0.4) is 0 Å². The van der Waals surface area contributed by atoms with Crippen molar-refractivity contribution in [2.24, 2.45) is 5.92 Å². The number of ether oxygens (including phenoxy) is 1. The minimum absolute atomic E-state index is 0.0667. The molecule has 0 aromatic rings. The van der Waals surface area contributed by atoms with Gasteiger partial charge in [0, 0.05) is 0 Å². The van der Waals surface area contributed by atoms with E-state index in [4.69, 9.17) is 4.74 Å². The van der Waals surface area contributed by atoms with Crippen molar-refractivity contribution in [3.8, 4) is 0 Å². The van der Waals surface area contributed by atoms with Crippen LogP contribution in [0.1, 0.15) is 34.1 Å². The molecule has 0 bridgehead atoms. The molecule has 77 valence electrons. The van der Waals surface area contributed by atoms with Crippen LogP contribution in [0.2, 0.25) is 0 Å². The lowest BCUT2D eigenvalue weighted by molar-refractivity contribution is -0.161. The van der Waals surface area contributed by atoms with Crippen LogP contribution in [0.25, 0.3) is 0 Å². The van der Waals surface area contributed by atoms with Gasteiger partial charge in [0.05, 0.1) is 0 Å². The van der Waals surface area contributed by atoms with Crippen molar-refractivity contribution in [3.05, 3.63) is 6.43 Å². The van der Waals surface area contributed by atoms with Gasteiger partial charge in [-0.1, -0.05) is 6.92 Å². The maximum Gasteiger partial charge on any atom is 0.324 e. The molecule has 1 atom stereocenters. The summed E-state index contributed by atoms with van der Waals surface area (Å²) < 4.78 is 29.1. The van der Waals surface area contributed by atoms with Gasteiger partial charge in [0.1, 0.15) is 11.5 Å². The van der Waals surface area contributed by atoms with Crippen LogP contribution in [0.15, 0.2) is 0 Å². The molecule has 0 aromatic carbocycles. The van der Waals surface area contributed by atoms with E-state index in [-0.39, 0.29) is 6.42 Å². The number of rotatable bonds is 3. The van der Waals surface area contributed by atoms with Crippen molar-refractivity contribution < 1.29 is 18.3 Å². The number of hydrogen-bond donors (Lipinski definition) is 0. The molecule has 0 fully saturated rings. The Kier molecular flexibility index (Phi) is 4.30. The van der Waals surface area contributed by atoms with Crippen LogP contribution >= 0.6 is 0 Å². The third-order valence-electron chi connectivity index (χ3n) is 1.36. The van der Waals surface area contributed by atoms with Gasteiger partial charge < -0.3 is 4.74 Å². The smallest absolute Gasteiger partial charge is 0.324 e. The summed E-state index contributed by atoms with van der Waals surface area (Å²) >= 11 is 0. The maximum absolute atomic E-state index is 12.1. The number of esters is 1. The highest BCUT2D eigenvalue weighted by Gasteiger charge is 2.32. The quantitative estimate of drug-likeness (QED) is 0.644. The van der Waals surface area contributed by atoms with E-state index in [2.05, 4.69) is 0 Å². The zero-order valence-electron chi connectivity index (χ0n) is 8.36. The topological polar surface area (TPSA) is 26.3 Å². The molecular weight excluding hydrogens is 178 g/mol. The summed E-state index contributed by atoms with van der Waals surface area (Å²) in [6, 6.07) is 0. The molecule has 0 N–H and O–H groups in total. The van der Waals surface area contributed by atoms with E-state index < -0.39 is 23.9 Å². The van der Waals surface area contributed by atoms with Gasteiger partial charge in [-0.25, -0.2) is 0 Å². The molecule has 0 aromatic heterocycles. The lowest BCUT2D eigenvalue weighted by Gasteiger charge is -2.22. The van der Waals surface area contributed by atoms with E-state index in [1.54, 1.807) is 20.8 Å². The monoisotopic (exact) mass is 193 g/mol. The average molecular weight is 193 g/mol. The van der Waals surface area contributed by atoms with Gasteiger partial charge in [-0.2, -0.15) is 8.78 Å². The Labute approximate surface area is 77.3 Å². The molecular formula is C9H15F2O2. The van der Waals surface area contributed by atoms with Crippen molar-refractivity contribution in [2.45, 2.75) is 39.7 Å². The fraction of sp³-hybridized carbons (Fsp3) is 0.778. The predicted octanol–water partition coefficient (Wildman–Crippen LogP) is 2.78. The van der Waals surface area contributed by atoms with Gasteiger partial charge in [-0.05, 0) is 27.2 Å². The summed E-state index contributed by atoms with van der Waals surface area (Å²) in [5, 5.41) is 0. The van der Waals surface area contributed by atoms with E-state index >= 15 is 0 Å². The van der Waals surface area contributed by atoms with Gasteiger partial charge >= 0.3 is 12.4 Å². The molecule has 0 saturated carbocycles. The van der Waals surface area contributed by atoms with Crippen LogP contribution in [-0.2, 0) is 9.53 Å². The Bertz CT molecular complexity index is 173. The molecule has 13 heavy (non-hydrogen) atoms. The first-order valence-electron chi connectivity index (χ1n) is 4.18. The first-order valence-corrected chi connectivity index (χ1v) is 4.18. The Balaban J connectivity index is 4.23. The molecule has 0 aliphatic carbocycles. The zero-order chi connectivity index (χ0) is 10.6. The normalized spacial score (nSPS) is 14.4. The van der Waals surface area contributed by atoms with Crippen molar-refractivity contribution in [1.82, 2.24) is 0 Å². The van der Waals surface area contributed by atoms with Gasteiger partial charge in [-0.15, -0.1) is 0 Å². The summed E-state index contributed by atoms with van der Waals surface area (Å²) in [6.45, 7) is 6.46. The lowest BCUT2D eigenvalue weighted by Crippen LogP contribution is -2.29. The Hall–Kier alpha value is -0.670. The van der Waals surface area contributed by atoms with E-state index in [1.807, 2.05) is 0 Å². The van der Waals surface area contributed by atoms with Crippen molar-refractivity contribution in [3.63, 3.8) is 0 Å². The van der Waals surface area contributed by atoms with E-state index in [1.165, 1.54) is 6.92 Å². The molecule has 0 rings (SSSR count). The first kappa shape index (κ1) is 12.3. The minimum Gasteiger partial charge on any atom is -0.460 e. The van der Waals surface area contributed by atoms with Gasteiger partial charge in [0.2, 0.25) is 0 Å². The standard InChI is InChI=1S/C9H15F2O2/c1-5-6(7(10)11)8(12)13-9(2,3)4/h6H,5H2,1-4H3. The van der Waals surface area contributed by atoms with Crippen molar-refractivity contribution >= 4 is 5.97 Å². The molecule has 2 nitrogen and oxygen atoms in total. The number of carbonyl (C=O) groups is 1. The maximum atomic E-state index is 12.1.